The van der Waals surface area contributed by atoms with E-state index in [-0.39, 0.29) is 11.7 Å². The van der Waals surface area contributed by atoms with Crippen molar-refractivity contribution in [2.24, 2.45) is 0 Å². The second-order valence-corrected chi connectivity index (χ2v) is 5.89. The van der Waals surface area contributed by atoms with Gasteiger partial charge in [-0.05, 0) is 35.2 Å². The molecule has 0 bridgehead atoms. The van der Waals surface area contributed by atoms with Crippen molar-refractivity contribution in [2.45, 2.75) is 19.8 Å². The number of aromatic nitrogens is 2. The molecule has 2 aromatic heterocycles. The van der Waals surface area contributed by atoms with Gasteiger partial charge < -0.3 is 9.67 Å². The fourth-order valence-electron chi connectivity index (χ4n) is 2.62. The molecule has 0 saturated carbocycles. The molecule has 4 nitrogen and oxygen atoms in total. The Kier molecular flexibility index (Phi) is 4.16. The van der Waals surface area contributed by atoms with Gasteiger partial charge in [-0.3, -0.25) is 4.79 Å². The van der Waals surface area contributed by atoms with Crippen molar-refractivity contribution in [3.63, 3.8) is 0 Å². The standard InChI is InChI=1S/C19H17FN2O2/c1-12(2)16-10-17(23)18(24)11-22(16)15-5-3-4-13(8-15)14-6-7-21-19(20)9-14/h3-12,24H,1-2H3. The molecule has 0 saturated heterocycles. The van der Waals surface area contributed by atoms with Gasteiger partial charge in [0.1, 0.15) is 0 Å². The zero-order valence-corrected chi connectivity index (χ0v) is 13.4. The molecule has 3 rings (SSSR count). The SMILES string of the molecule is CC(C)c1cc(=O)c(O)cn1-c1cccc(-c2ccnc(F)c2)c1. The highest BCUT2D eigenvalue weighted by Crippen LogP contribution is 2.25. The maximum absolute atomic E-state index is 13.4. The summed E-state index contributed by atoms with van der Waals surface area (Å²) in [6, 6.07) is 12.0. The van der Waals surface area contributed by atoms with Crippen LogP contribution in [0.25, 0.3) is 16.8 Å². The molecular formula is C19H17FN2O2. The van der Waals surface area contributed by atoms with Crippen LogP contribution in [0.2, 0.25) is 0 Å². The predicted molar refractivity (Wildman–Crippen MR) is 91.0 cm³/mol. The monoisotopic (exact) mass is 324 g/mol. The van der Waals surface area contributed by atoms with Crippen LogP contribution in [0.5, 0.6) is 5.75 Å². The number of aromatic hydroxyl groups is 1. The second kappa shape index (κ2) is 6.28. The molecule has 0 amide bonds. The number of rotatable bonds is 3. The third-order valence-electron chi connectivity index (χ3n) is 3.84. The van der Waals surface area contributed by atoms with Gasteiger partial charge in [-0.15, -0.1) is 0 Å². The molecule has 5 heteroatoms. The zero-order chi connectivity index (χ0) is 17.3. The van der Waals surface area contributed by atoms with Gasteiger partial charge in [-0.1, -0.05) is 26.0 Å². The summed E-state index contributed by atoms with van der Waals surface area (Å²) in [6.45, 7) is 3.95. The van der Waals surface area contributed by atoms with E-state index in [4.69, 9.17) is 0 Å². The minimum atomic E-state index is -0.540. The average Bonchev–Trinajstić information content (AvgIpc) is 2.57. The number of pyridine rings is 2. The van der Waals surface area contributed by atoms with Gasteiger partial charge >= 0.3 is 0 Å². The van der Waals surface area contributed by atoms with E-state index >= 15 is 0 Å². The third-order valence-corrected chi connectivity index (χ3v) is 3.84. The molecule has 0 atom stereocenters. The summed E-state index contributed by atoms with van der Waals surface area (Å²) in [5.74, 6) is -0.748. The molecule has 1 N–H and O–H groups in total. The van der Waals surface area contributed by atoms with E-state index in [1.165, 1.54) is 24.5 Å². The minimum absolute atomic E-state index is 0.0975. The van der Waals surface area contributed by atoms with Crippen LogP contribution >= 0.6 is 0 Å². The number of benzene rings is 1. The number of hydrogen-bond acceptors (Lipinski definition) is 3. The van der Waals surface area contributed by atoms with Crippen molar-refractivity contribution < 1.29 is 9.50 Å². The van der Waals surface area contributed by atoms with Crippen molar-refractivity contribution in [1.29, 1.82) is 0 Å². The first kappa shape index (κ1) is 15.9. The Morgan fingerprint density at radius 2 is 1.88 bits per heavy atom. The molecule has 0 radical (unpaired) electrons. The smallest absolute Gasteiger partial charge is 0.223 e. The van der Waals surface area contributed by atoms with E-state index in [0.29, 0.717) is 5.56 Å². The van der Waals surface area contributed by atoms with E-state index in [1.54, 1.807) is 10.6 Å². The topological polar surface area (TPSA) is 55.1 Å². The van der Waals surface area contributed by atoms with Crippen LogP contribution in [-0.2, 0) is 0 Å². The lowest BCUT2D eigenvalue weighted by Gasteiger charge is -2.17. The van der Waals surface area contributed by atoms with Crippen LogP contribution < -0.4 is 5.43 Å². The summed E-state index contributed by atoms with van der Waals surface area (Å²) in [5.41, 5.74) is 2.70. The van der Waals surface area contributed by atoms with Gasteiger partial charge in [0.25, 0.3) is 0 Å². The molecule has 0 aliphatic carbocycles. The van der Waals surface area contributed by atoms with Gasteiger partial charge in [0.15, 0.2) is 5.75 Å². The van der Waals surface area contributed by atoms with E-state index in [2.05, 4.69) is 4.98 Å². The van der Waals surface area contributed by atoms with Crippen molar-refractivity contribution >= 4 is 0 Å². The first-order valence-electron chi connectivity index (χ1n) is 7.63. The lowest BCUT2D eigenvalue weighted by atomic mass is 10.0. The van der Waals surface area contributed by atoms with Gasteiger partial charge in [0.2, 0.25) is 11.4 Å². The Balaban J connectivity index is 2.16. The molecule has 0 aliphatic rings. The fourth-order valence-corrected chi connectivity index (χ4v) is 2.62. The first-order chi connectivity index (χ1) is 11.5. The Hall–Kier alpha value is -2.95. The first-order valence-corrected chi connectivity index (χ1v) is 7.63. The number of hydrogen-bond donors (Lipinski definition) is 1. The normalized spacial score (nSPS) is 11.0. The minimum Gasteiger partial charge on any atom is -0.503 e. The average molecular weight is 324 g/mol. The van der Waals surface area contributed by atoms with Crippen LogP contribution in [-0.4, -0.2) is 14.7 Å². The lowest BCUT2D eigenvalue weighted by molar-refractivity contribution is 0.463. The Labute approximate surface area is 138 Å². The Morgan fingerprint density at radius 3 is 2.58 bits per heavy atom. The van der Waals surface area contributed by atoms with Crippen molar-refractivity contribution in [3.05, 3.63) is 76.7 Å². The van der Waals surface area contributed by atoms with E-state index in [9.17, 15) is 14.3 Å². The van der Waals surface area contributed by atoms with Gasteiger partial charge in [-0.2, -0.15) is 4.39 Å². The van der Waals surface area contributed by atoms with Gasteiger partial charge in [-0.25, -0.2) is 4.98 Å². The summed E-state index contributed by atoms with van der Waals surface area (Å²) in [5, 5.41) is 9.80. The maximum atomic E-state index is 13.4. The van der Waals surface area contributed by atoms with Crippen LogP contribution in [0.1, 0.15) is 25.5 Å². The summed E-state index contributed by atoms with van der Waals surface area (Å²) in [4.78, 5) is 15.3. The molecule has 0 fully saturated rings. The molecule has 2 heterocycles. The van der Waals surface area contributed by atoms with Crippen molar-refractivity contribution in [1.82, 2.24) is 9.55 Å². The highest BCUT2D eigenvalue weighted by Gasteiger charge is 2.11. The van der Waals surface area contributed by atoms with Gasteiger partial charge in [0, 0.05) is 29.7 Å². The fraction of sp³-hybridized carbons (Fsp3) is 0.158. The Morgan fingerprint density at radius 1 is 1.12 bits per heavy atom. The second-order valence-electron chi connectivity index (χ2n) is 5.89. The lowest BCUT2D eigenvalue weighted by Crippen LogP contribution is -2.12. The summed E-state index contributed by atoms with van der Waals surface area (Å²) >= 11 is 0. The summed E-state index contributed by atoms with van der Waals surface area (Å²) in [7, 11) is 0. The third kappa shape index (κ3) is 3.06. The van der Waals surface area contributed by atoms with E-state index in [1.807, 2.05) is 38.1 Å². The van der Waals surface area contributed by atoms with Crippen LogP contribution in [0, 0.1) is 5.95 Å². The molecule has 122 valence electrons. The maximum Gasteiger partial charge on any atom is 0.223 e. The Bertz CT molecular complexity index is 948. The van der Waals surface area contributed by atoms with Crippen LogP contribution in [0.4, 0.5) is 4.39 Å². The molecule has 0 aliphatic heterocycles. The molecule has 24 heavy (non-hydrogen) atoms. The highest BCUT2D eigenvalue weighted by molar-refractivity contribution is 5.65. The quantitative estimate of drug-likeness (QED) is 0.744. The summed E-state index contributed by atoms with van der Waals surface area (Å²) in [6.07, 6.45) is 2.84. The number of halogens is 1. The van der Waals surface area contributed by atoms with Gasteiger partial charge in [0.05, 0.1) is 6.20 Å². The van der Waals surface area contributed by atoms with E-state index in [0.717, 1.165) is 16.9 Å². The molecule has 1 aromatic carbocycles. The predicted octanol–water partition coefficient (Wildman–Crippen LogP) is 3.87. The van der Waals surface area contributed by atoms with Crippen molar-refractivity contribution in [3.8, 4) is 22.6 Å². The molecule has 0 spiro atoms. The summed E-state index contributed by atoms with van der Waals surface area (Å²) < 4.78 is 15.1. The van der Waals surface area contributed by atoms with E-state index < -0.39 is 11.4 Å². The van der Waals surface area contributed by atoms with Crippen molar-refractivity contribution in [2.75, 3.05) is 0 Å². The zero-order valence-electron chi connectivity index (χ0n) is 13.4. The highest BCUT2D eigenvalue weighted by atomic mass is 19.1. The molecule has 0 unspecified atom stereocenters. The molecule has 3 aromatic rings. The molecular weight excluding hydrogens is 307 g/mol. The number of nitrogens with zero attached hydrogens (tertiary/aromatic N) is 2. The van der Waals surface area contributed by atoms with Crippen LogP contribution in [0.3, 0.4) is 0 Å². The largest absolute Gasteiger partial charge is 0.503 e. The van der Waals surface area contributed by atoms with Crippen LogP contribution in [0.15, 0.2) is 59.7 Å².